The van der Waals surface area contributed by atoms with Crippen molar-refractivity contribution >= 4 is 11.8 Å². The minimum absolute atomic E-state index is 0.0446. The summed E-state index contributed by atoms with van der Waals surface area (Å²) in [5.41, 5.74) is 4.28. The van der Waals surface area contributed by atoms with Gasteiger partial charge in [0.1, 0.15) is 0 Å². The van der Waals surface area contributed by atoms with Crippen LogP contribution in [-0.4, -0.2) is 29.8 Å². The van der Waals surface area contributed by atoms with Gasteiger partial charge in [0.25, 0.3) is 0 Å². The van der Waals surface area contributed by atoms with Crippen LogP contribution in [0.4, 0.5) is 0 Å². The minimum Gasteiger partial charge on any atom is -0.369 e. The summed E-state index contributed by atoms with van der Waals surface area (Å²) < 4.78 is 0. The molecule has 0 aliphatic carbocycles. The molecule has 0 saturated carbocycles. The lowest BCUT2D eigenvalue weighted by molar-refractivity contribution is -0.133. The first-order valence-corrected chi connectivity index (χ1v) is 5.71. The molecule has 2 N–H and O–H groups in total. The molecule has 0 aromatic rings. The Hall–Kier alpha value is -1.57. The number of hydrogen-bond acceptors (Lipinski definition) is 3. The monoisotopic (exact) mass is 236 g/mol. The van der Waals surface area contributed by atoms with E-state index in [-0.39, 0.29) is 11.8 Å². The predicted octanol–water partition coefficient (Wildman–Crippen LogP) is 0.464. The Balaban J connectivity index is 2.51. The number of rotatable bonds is 3. The summed E-state index contributed by atoms with van der Waals surface area (Å²) in [6.45, 7) is 4.38. The fourth-order valence-corrected chi connectivity index (χ4v) is 1.70. The van der Waals surface area contributed by atoms with Crippen LogP contribution in [0.15, 0.2) is 0 Å². The number of piperidine rings is 1. The van der Waals surface area contributed by atoms with Gasteiger partial charge in [-0.3, -0.25) is 9.59 Å². The highest BCUT2D eigenvalue weighted by Gasteiger charge is 2.32. The summed E-state index contributed by atoms with van der Waals surface area (Å²) in [5.74, 6) is -0.647. The first-order valence-electron chi connectivity index (χ1n) is 5.71. The van der Waals surface area contributed by atoms with E-state index in [1.54, 1.807) is 18.7 Å². The molecule has 1 fully saturated rings. The van der Waals surface area contributed by atoms with Crippen molar-refractivity contribution < 1.29 is 9.59 Å². The molecule has 17 heavy (non-hydrogen) atoms. The fourth-order valence-electron chi connectivity index (χ4n) is 1.70. The van der Waals surface area contributed by atoms with E-state index in [0.717, 1.165) is 0 Å². The molecule has 0 atom stereocenters. The third kappa shape index (κ3) is 3.45. The highest BCUT2D eigenvalue weighted by atomic mass is 16.2. The van der Waals surface area contributed by atoms with Gasteiger partial charge in [-0.05, 0) is 12.8 Å². The molecule has 1 heterocycles. The van der Waals surface area contributed by atoms with Crippen molar-refractivity contribution in [2.45, 2.75) is 26.7 Å². The van der Waals surface area contributed by atoms with Crippen molar-refractivity contribution in [1.82, 2.24) is 4.90 Å². The van der Waals surface area contributed by atoms with E-state index in [1.807, 2.05) is 0 Å². The van der Waals surface area contributed by atoms with Crippen LogP contribution in [0.3, 0.4) is 0 Å². The Kier molecular flexibility index (Phi) is 4.11. The number of likely N-dealkylation sites (tertiary alicyclic amines) is 1. The molecule has 1 saturated heterocycles. The van der Waals surface area contributed by atoms with E-state index in [9.17, 15) is 9.59 Å². The summed E-state index contributed by atoms with van der Waals surface area (Å²) in [7, 11) is 0. The second-order valence-corrected chi connectivity index (χ2v) is 4.96. The summed E-state index contributed by atoms with van der Waals surface area (Å²) in [6, 6.07) is 2.21. The lowest BCUT2D eigenvalue weighted by Crippen LogP contribution is -2.43. The van der Waals surface area contributed by atoms with Crippen LogP contribution in [0, 0.1) is 29.1 Å². The molecule has 0 aromatic carbocycles. The maximum Gasteiger partial charge on any atom is 0.227 e. The van der Waals surface area contributed by atoms with Gasteiger partial charge in [0.05, 0.1) is 17.9 Å². The van der Waals surface area contributed by atoms with Crippen molar-refractivity contribution in [2.75, 3.05) is 13.1 Å². The second kappa shape index (κ2) is 5.17. The van der Waals surface area contributed by atoms with Gasteiger partial charge in [-0.1, -0.05) is 13.8 Å². The first kappa shape index (κ1) is 13.5. The molecular weight excluding hydrogens is 218 g/mol. The van der Waals surface area contributed by atoms with E-state index in [2.05, 4.69) is 6.07 Å². The fraction of sp³-hybridized carbons (Fsp3) is 0.667. The molecule has 1 rings (SSSR count). The Morgan fingerprint density at radius 2 is 1.94 bits per heavy atom. The highest BCUT2D eigenvalue weighted by molar-refractivity contribution is 5.94. The number of carbonyl (C=O) groups is 2. The van der Waals surface area contributed by atoms with Gasteiger partial charge < -0.3 is 10.6 Å². The lowest BCUT2D eigenvalue weighted by atomic mass is 9.87. The topological polar surface area (TPSA) is 87.2 Å². The molecule has 1 radical (unpaired) electrons. The molecule has 1 aliphatic heterocycles. The maximum atomic E-state index is 11.9. The predicted molar refractivity (Wildman–Crippen MR) is 62.2 cm³/mol. The number of nitrogens with two attached hydrogens (primary N) is 1. The van der Waals surface area contributed by atoms with Gasteiger partial charge in [-0.15, -0.1) is 0 Å². The van der Waals surface area contributed by atoms with Crippen molar-refractivity contribution in [2.24, 2.45) is 17.1 Å². The van der Waals surface area contributed by atoms with Crippen LogP contribution >= 0.6 is 0 Å². The lowest BCUT2D eigenvalue weighted by Gasteiger charge is -2.31. The zero-order valence-electron chi connectivity index (χ0n) is 10.3. The Morgan fingerprint density at radius 1 is 1.41 bits per heavy atom. The van der Waals surface area contributed by atoms with Gasteiger partial charge in [0.2, 0.25) is 11.8 Å². The Labute approximate surface area is 102 Å². The minimum atomic E-state index is -0.927. The second-order valence-electron chi connectivity index (χ2n) is 4.96. The maximum absolute atomic E-state index is 11.9. The summed E-state index contributed by atoms with van der Waals surface area (Å²) in [4.78, 5) is 24.7. The molecule has 1 aliphatic rings. The zero-order chi connectivity index (χ0) is 13.1. The van der Waals surface area contributed by atoms with Crippen LogP contribution < -0.4 is 5.73 Å². The molecule has 2 amide bonds. The average Bonchev–Trinajstić information content (AvgIpc) is 2.28. The quantitative estimate of drug-likeness (QED) is 0.772. The Bertz CT molecular complexity index is 349. The third-order valence-electron chi connectivity index (χ3n) is 3.11. The summed E-state index contributed by atoms with van der Waals surface area (Å²) >= 11 is 0. The van der Waals surface area contributed by atoms with Crippen LogP contribution in [0.2, 0.25) is 0 Å². The van der Waals surface area contributed by atoms with E-state index in [4.69, 9.17) is 11.0 Å². The molecule has 0 bridgehead atoms. The van der Waals surface area contributed by atoms with E-state index < -0.39 is 11.3 Å². The standard InChI is InChI=1S/C12H18N3O2/c1-12(2,11(14)17)7-10(16)15-5-3-9(8-13)4-6-15/h7,9H,3-6H2,1-2H3,(H2,14,17). The zero-order valence-corrected chi connectivity index (χ0v) is 10.3. The summed E-state index contributed by atoms with van der Waals surface area (Å²) in [6.07, 6.45) is 2.77. The third-order valence-corrected chi connectivity index (χ3v) is 3.11. The van der Waals surface area contributed by atoms with Crippen molar-refractivity contribution in [1.29, 1.82) is 5.26 Å². The van der Waals surface area contributed by atoms with E-state index in [1.165, 1.54) is 6.42 Å². The van der Waals surface area contributed by atoms with Crippen molar-refractivity contribution in [3.8, 4) is 6.07 Å². The molecule has 5 nitrogen and oxygen atoms in total. The molecule has 0 aromatic heterocycles. The van der Waals surface area contributed by atoms with Gasteiger partial charge in [0.15, 0.2) is 0 Å². The van der Waals surface area contributed by atoms with E-state index in [0.29, 0.717) is 25.9 Å². The van der Waals surface area contributed by atoms with E-state index >= 15 is 0 Å². The molecule has 0 spiro atoms. The highest BCUT2D eigenvalue weighted by Crippen LogP contribution is 2.22. The van der Waals surface area contributed by atoms with Crippen LogP contribution in [0.1, 0.15) is 26.7 Å². The number of hydrogen-bond donors (Lipinski definition) is 1. The molecule has 0 unspecified atom stereocenters. The van der Waals surface area contributed by atoms with Crippen LogP contribution in [0.5, 0.6) is 0 Å². The van der Waals surface area contributed by atoms with Crippen molar-refractivity contribution in [3.05, 3.63) is 6.42 Å². The smallest absolute Gasteiger partial charge is 0.227 e. The van der Waals surface area contributed by atoms with Crippen LogP contribution in [-0.2, 0) is 9.59 Å². The number of carbonyl (C=O) groups excluding carboxylic acids is 2. The first-order chi connectivity index (χ1) is 7.86. The van der Waals surface area contributed by atoms with Gasteiger partial charge in [-0.2, -0.15) is 5.26 Å². The molecule has 93 valence electrons. The molecule has 5 heteroatoms. The number of nitriles is 1. The SMILES string of the molecule is CC(C)([CH]C(=O)N1CCC(C#N)CC1)C(N)=O. The number of nitrogens with zero attached hydrogens (tertiary/aromatic N) is 2. The van der Waals surface area contributed by atoms with Gasteiger partial charge in [-0.25, -0.2) is 0 Å². The molecular formula is C12H18N3O2. The normalized spacial score (nSPS) is 17.6. The van der Waals surface area contributed by atoms with Gasteiger partial charge in [0, 0.05) is 19.0 Å². The Morgan fingerprint density at radius 3 is 2.35 bits per heavy atom. The largest absolute Gasteiger partial charge is 0.369 e. The van der Waals surface area contributed by atoms with Crippen molar-refractivity contribution in [3.63, 3.8) is 0 Å². The average molecular weight is 236 g/mol. The summed E-state index contributed by atoms with van der Waals surface area (Å²) in [5, 5.41) is 8.75. The number of primary amides is 1. The number of amides is 2. The van der Waals surface area contributed by atoms with Crippen LogP contribution in [0.25, 0.3) is 0 Å². The van der Waals surface area contributed by atoms with Gasteiger partial charge >= 0.3 is 0 Å².